The van der Waals surface area contributed by atoms with E-state index in [1.165, 1.54) is 6.33 Å². The summed E-state index contributed by atoms with van der Waals surface area (Å²) in [5.74, 6) is -0.908. The number of aromatic amines is 1. The lowest BCUT2D eigenvalue weighted by atomic mass is 10.2. The standard InChI is InChI=1S/C14H19F3N6O/c1-9-7-23(4-3-22(9)5-6-24-2)12-10-11(19-8-18-10)20-13(21-12)14(15,16)17/h8-9H,3-7H2,1-2H3,(H,18,19,20,21). The average Bonchev–Trinajstić information content (AvgIpc) is 3.00. The number of imidazole rings is 1. The molecule has 24 heavy (non-hydrogen) atoms. The van der Waals surface area contributed by atoms with Gasteiger partial charge in [0.1, 0.15) is 5.52 Å². The molecule has 0 aliphatic carbocycles. The van der Waals surface area contributed by atoms with Crippen molar-refractivity contribution in [3.63, 3.8) is 0 Å². The molecule has 0 aromatic carbocycles. The summed E-state index contributed by atoms with van der Waals surface area (Å²) in [5.41, 5.74) is 0.460. The number of anilines is 1. The van der Waals surface area contributed by atoms with E-state index in [1.807, 2.05) is 11.8 Å². The minimum atomic E-state index is -4.60. The largest absolute Gasteiger partial charge is 0.451 e. The van der Waals surface area contributed by atoms with Crippen LogP contribution in [0, 0.1) is 0 Å². The Labute approximate surface area is 136 Å². The molecule has 2 aromatic rings. The van der Waals surface area contributed by atoms with Crippen LogP contribution in [-0.2, 0) is 10.9 Å². The van der Waals surface area contributed by atoms with Gasteiger partial charge in [0.15, 0.2) is 11.5 Å². The van der Waals surface area contributed by atoms with Crippen LogP contribution >= 0.6 is 0 Å². The van der Waals surface area contributed by atoms with Crippen LogP contribution in [0.2, 0.25) is 0 Å². The Hall–Kier alpha value is -1.94. The molecule has 1 aliphatic rings. The van der Waals surface area contributed by atoms with Crippen molar-refractivity contribution in [1.82, 2.24) is 24.8 Å². The van der Waals surface area contributed by atoms with Gasteiger partial charge in [-0.25, -0.2) is 15.0 Å². The SMILES string of the molecule is COCCN1CCN(c2nc(C(F)(F)F)nc3nc[nH]c23)CC1C. The topological polar surface area (TPSA) is 70.2 Å². The molecular formula is C14H19F3N6O. The van der Waals surface area contributed by atoms with Gasteiger partial charge in [-0.05, 0) is 6.92 Å². The number of alkyl halides is 3. The van der Waals surface area contributed by atoms with Crippen molar-refractivity contribution >= 4 is 17.0 Å². The molecule has 3 rings (SSSR count). The third-order valence-electron chi connectivity index (χ3n) is 4.17. The first-order valence-corrected chi connectivity index (χ1v) is 7.66. The molecule has 0 spiro atoms. The highest BCUT2D eigenvalue weighted by Gasteiger charge is 2.37. The molecule has 0 bridgehead atoms. The third-order valence-corrected chi connectivity index (χ3v) is 4.17. The number of aromatic nitrogens is 4. The van der Waals surface area contributed by atoms with Crippen molar-refractivity contribution in [2.24, 2.45) is 0 Å². The molecule has 1 N–H and O–H groups in total. The van der Waals surface area contributed by atoms with Crippen LogP contribution in [-0.4, -0.2) is 70.8 Å². The van der Waals surface area contributed by atoms with E-state index < -0.39 is 12.0 Å². The second-order valence-electron chi connectivity index (χ2n) is 5.79. The number of halogens is 3. The van der Waals surface area contributed by atoms with Crippen molar-refractivity contribution in [2.75, 3.05) is 44.8 Å². The highest BCUT2D eigenvalue weighted by molar-refractivity contribution is 5.83. The van der Waals surface area contributed by atoms with Gasteiger partial charge in [0.2, 0.25) is 5.82 Å². The number of nitrogens with one attached hydrogen (secondary N) is 1. The molecule has 1 saturated heterocycles. The molecule has 3 heterocycles. The monoisotopic (exact) mass is 344 g/mol. The maximum absolute atomic E-state index is 13.0. The van der Waals surface area contributed by atoms with E-state index in [0.717, 1.165) is 13.1 Å². The van der Waals surface area contributed by atoms with Gasteiger partial charge < -0.3 is 14.6 Å². The van der Waals surface area contributed by atoms with Gasteiger partial charge in [-0.15, -0.1) is 0 Å². The molecule has 1 aliphatic heterocycles. The van der Waals surface area contributed by atoms with E-state index in [4.69, 9.17) is 4.74 Å². The number of fused-ring (bicyclic) bond motifs is 1. The maximum atomic E-state index is 13.0. The van der Waals surface area contributed by atoms with Crippen LogP contribution in [0.4, 0.5) is 19.0 Å². The fourth-order valence-electron chi connectivity index (χ4n) is 2.90. The minimum absolute atomic E-state index is 0.0294. The van der Waals surface area contributed by atoms with Gasteiger partial charge >= 0.3 is 6.18 Å². The predicted molar refractivity (Wildman–Crippen MR) is 81.8 cm³/mol. The van der Waals surface area contributed by atoms with E-state index in [2.05, 4.69) is 24.8 Å². The molecule has 132 valence electrons. The van der Waals surface area contributed by atoms with Crippen LogP contribution in [0.25, 0.3) is 11.2 Å². The zero-order chi connectivity index (χ0) is 17.3. The number of nitrogens with zero attached hydrogens (tertiary/aromatic N) is 5. The molecule has 1 atom stereocenters. The summed E-state index contributed by atoms with van der Waals surface area (Å²) in [6.07, 6.45) is -3.27. The van der Waals surface area contributed by atoms with E-state index in [1.54, 1.807) is 7.11 Å². The second-order valence-corrected chi connectivity index (χ2v) is 5.79. The lowest BCUT2D eigenvalue weighted by molar-refractivity contribution is -0.144. The van der Waals surface area contributed by atoms with Crippen LogP contribution in [0.3, 0.4) is 0 Å². The zero-order valence-electron chi connectivity index (χ0n) is 13.5. The molecule has 7 nitrogen and oxygen atoms in total. The van der Waals surface area contributed by atoms with Gasteiger partial charge in [0.25, 0.3) is 0 Å². The highest BCUT2D eigenvalue weighted by Crippen LogP contribution is 2.31. The Morgan fingerprint density at radius 1 is 1.33 bits per heavy atom. The summed E-state index contributed by atoms with van der Waals surface area (Å²) < 4.78 is 44.2. The molecule has 1 fully saturated rings. The Bertz CT molecular complexity index is 703. The summed E-state index contributed by atoms with van der Waals surface area (Å²) in [6.45, 7) is 5.34. The van der Waals surface area contributed by atoms with Crippen molar-refractivity contribution in [1.29, 1.82) is 0 Å². The lowest BCUT2D eigenvalue weighted by Gasteiger charge is -2.40. The van der Waals surface area contributed by atoms with Gasteiger partial charge in [-0.2, -0.15) is 13.2 Å². The van der Waals surface area contributed by atoms with Crippen molar-refractivity contribution < 1.29 is 17.9 Å². The molecular weight excluding hydrogens is 325 g/mol. The molecule has 1 unspecified atom stereocenters. The number of H-pyrrole nitrogens is 1. The van der Waals surface area contributed by atoms with E-state index >= 15 is 0 Å². The number of piperazine rings is 1. The van der Waals surface area contributed by atoms with E-state index in [0.29, 0.717) is 25.2 Å². The first-order valence-electron chi connectivity index (χ1n) is 7.66. The minimum Gasteiger partial charge on any atom is -0.383 e. The number of methoxy groups -OCH3 is 1. The Balaban J connectivity index is 1.88. The molecule has 0 radical (unpaired) electrons. The highest BCUT2D eigenvalue weighted by atomic mass is 19.4. The summed E-state index contributed by atoms with van der Waals surface area (Å²) in [4.78, 5) is 18.1. The normalized spacial score (nSPS) is 20.0. The number of hydrogen-bond donors (Lipinski definition) is 1. The Morgan fingerprint density at radius 3 is 2.79 bits per heavy atom. The number of rotatable bonds is 4. The summed E-state index contributed by atoms with van der Waals surface area (Å²) >= 11 is 0. The van der Waals surface area contributed by atoms with Crippen LogP contribution in [0.15, 0.2) is 6.33 Å². The zero-order valence-corrected chi connectivity index (χ0v) is 13.5. The van der Waals surface area contributed by atoms with Crippen molar-refractivity contribution in [3.8, 4) is 0 Å². The molecule has 10 heteroatoms. The van der Waals surface area contributed by atoms with E-state index in [-0.39, 0.29) is 17.5 Å². The van der Waals surface area contributed by atoms with Crippen molar-refractivity contribution in [3.05, 3.63) is 12.2 Å². The van der Waals surface area contributed by atoms with Crippen LogP contribution in [0.1, 0.15) is 12.7 Å². The molecule has 0 saturated carbocycles. The fraction of sp³-hybridized carbons (Fsp3) is 0.643. The van der Waals surface area contributed by atoms with Gasteiger partial charge in [0, 0.05) is 39.3 Å². The second kappa shape index (κ2) is 6.52. The van der Waals surface area contributed by atoms with Crippen LogP contribution < -0.4 is 4.90 Å². The van der Waals surface area contributed by atoms with Gasteiger partial charge in [-0.3, -0.25) is 4.90 Å². The Morgan fingerprint density at radius 2 is 2.12 bits per heavy atom. The Kier molecular flexibility index (Phi) is 4.59. The van der Waals surface area contributed by atoms with Gasteiger partial charge in [0.05, 0.1) is 12.9 Å². The third kappa shape index (κ3) is 3.29. The fourth-order valence-corrected chi connectivity index (χ4v) is 2.90. The summed E-state index contributed by atoms with van der Waals surface area (Å²) in [7, 11) is 1.65. The molecule has 2 aromatic heterocycles. The average molecular weight is 344 g/mol. The van der Waals surface area contributed by atoms with E-state index in [9.17, 15) is 13.2 Å². The molecule has 0 amide bonds. The lowest BCUT2D eigenvalue weighted by Crippen LogP contribution is -2.53. The first kappa shape index (κ1) is 16.9. The smallest absolute Gasteiger partial charge is 0.383 e. The number of hydrogen-bond acceptors (Lipinski definition) is 6. The summed E-state index contributed by atoms with van der Waals surface area (Å²) in [5, 5.41) is 0. The predicted octanol–water partition coefficient (Wildman–Crippen LogP) is 1.53. The number of ether oxygens (including phenoxy) is 1. The van der Waals surface area contributed by atoms with Crippen molar-refractivity contribution in [2.45, 2.75) is 19.1 Å². The quantitative estimate of drug-likeness (QED) is 0.907. The summed E-state index contributed by atoms with van der Waals surface area (Å²) in [6, 6.07) is 0.177. The van der Waals surface area contributed by atoms with Gasteiger partial charge in [-0.1, -0.05) is 0 Å². The van der Waals surface area contributed by atoms with Crippen LogP contribution in [0.5, 0.6) is 0 Å². The first-order chi connectivity index (χ1) is 11.4. The maximum Gasteiger partial charge on any atom is 0.451 e.